The number of hydrogen-bond donors (Lipinski definition) is 1. The number of anilines is 3. The van der Waals surface area contributed by atoms with Crippen LogP contribution in [0, 0.1) is 11.6 Å². The van der Waals surface area contributed by atoms with Crippen molar-refractivity contribution in [2.45, 2.75) is 51.4 Å². The topological polar surface area (TPSA) is 57.2 Å². The van der Waals surface area contributed by atoms with Crippen molar-refractivity contribution in [3.8, 4) is 11.3 Å². The second kappa shape index (κ2) is 9.89. The van der Waals surface area contributed by atoms with Gasteiger partial charge in [-0.3, -0.25) is 4.90 Å². The maximum atomic E-state index is 15.2. The minimum atomic E-state index is -4.70. The molecule has 2 fully saturated rings. The molecule has 0 aliphatic carbocycles. The van der Waals surface area contributed by atoms with Gasteiger partial charge in [0, 0.05) is 36.1 Å². The molecule has 0 radical (unpaired) electrons. The predicted octanol–water partition coefficient (Wildman–Crippen LogP) is 6.23. The number of nitrogens with zero attached hydrogens (tertiary/aromatic N) is 5. The molecule has 1 atom stereocenters. The molecule has 0 bridgehead atoms. The smallest absolute Gasteiger partial charge is 0.354 e. The number of rotatable bonds is 6. The van der Waals surface area contributed by atoms with Gasteiger partial charge in [-0.05, 0) is 57.4 Å². The van der Waals surface area contributed by atoms with Crippen molar-refractivity contribution < 1.29 is 22.0 Å². The third-order valence-electron chi connectivity index (χ3n) is 6.64. The van der Waals surface area contributed by atoms with Crippen molar-refractivity contribution in [3.63, 3.8) is 0 Å². The summed E-state index contributed by atoms with van der Waals surface area (Å²) in [5, 5.41) is 3.14. The number of halogens is 5. The predicted molar refractivity (Wildman–Crippen MR) is 128 cm³/mol. The second-order valence-electron chi connectivity index (χ2n) is 9.16. The molecule has 12 heteroatoms. The van der Waals surface area contributed by atoms with Crippen molar-refractivity contribution in [2.24, 2.45) is 0 Å². The van der Waals surface area contributed by atoms with Crippen LogP contribution in [0.1, 0.15) is 43.0 Å². The van der Waals surface area contributed by atoms with Crippen molar-refractivity contribution in [1.82, 2.24) is 19.9 Å². The Bertz CT molecular complexity index is 1240. The molecule has 2 aromatic heterocycles. The molecule has 2 aliphatic heterocycles. The molecule has 1 aromatic carbocycles. The van der Waals surface area contributed by atoms with E-state index in [1.807, 2.05) is 4.90 Å². The second-order valence-corrected chi connectivity index (χ2v) is 10.2. The van der Waals surface area contributed by atoms with Gasteiger partial charge in [0.1, 0.15) is 12.1 Å². The monoisotopic (exact) mass is 524 g/mol. The van der Waals surface area contributed by atoms with Crippen LogP contribution < -0.4 is 10.2 Å². The summed E-state index contributed by atoms with van der Waals surface area (Å²) < 4.78 is 69.6. The SMILES string of the molecule is C[C@@H]1CCCN1Cc1sc(Nc2ncnc(N3CCCC3)c2F)nc1-c1cc(F)cc(C(F)(F)F)c1. The van der Waals surface area contributed by atoms with E-state index in [2.05, 4.69) is 32.1 Å². The Morgan fingerprint density at radius 3 is 2.53 bits per heavy atom. The van der Waals surface area contributed by atoms with Gasteiger partial charge in [-0.1, -0.05) is 11.3 Å². The molecule has 3 aromatic rings. The minimum absolute atomic E-state index is 0.0226. The number of thiazole rings is 1. The van der Waals surface area contributed by atoms with Gasteiger partial charge < -0.3 is 10.2 Å². The molecule has 1 N–H and O–H groups in total. The Kier molecular flexibility index (Phi) is 6.82. The number of benzene rings is 1. The maximum Gasteiger partial charge on any atom is 0.416 e. The van der Waals surface area contributed by atoms with Gasteiger partial charge in [-0.15, -0.1) is 0 Å². The first kappa shape index (κ1) is 24.8. The average Bonchev–Trinajstić information content (AvgIpc) is 3.57. The molecule has 192 valence electrons. The molecule has 4 heterocycles. The molecule has 0 unspecified atom stereocenters. The summed E-state index contributed by atoms with van der Waals surface area (Å²) in [6.45, 7) is 4.78. The zero-order valence-corrected chi connectivity index (χ0v) is 20.4. The summed E-state index contributed by atoms with van der Waals surface area (Å²) in [5.41, 5.74) is -0.826. The lowest BCUT2D eigenvalue weighted by atomic mass is 10.1. The molecule has 5 rings (SSSR count). The standard InChI is InChI=1S/C24H25F5N6S/c1-14-5-4-8-35(14)12-18-20(15-9-16(24(27,28)29)11-17(25)10-15)32-23(36-18)33-21-19(26)22(31-13-30-21)34-6-2-3-7-34/h9-11,13-14H,2-8,12H2,1H3,(H,30,31,32,33)/t14-/m1/s1. The van der Waals surface area contributed by atoms with Crippen molar-refractivity contribution in [1.29, 1.82) is 0 Å². The fourth-order valence-electron chi connectivity index (χ4n) is 4.74. The summed E-state index contributed by atoms with van der Waals surface area (Å²) in [7, 11) is 0. The summed E-state index contributed by atoms with van der Waals surface area (Å²) in [6, 6.07) is 2.71. The van der Waals surface area contributed by atoms with Gasteiger partial charge in [-0.25, -0.2) is 19.3 Å². The molecule has 2 aliphatic rings. The third kappa shape index (κ3) is 5.15. The highest BCUT2D eigenvalue weighted by Crippen LogP contribution is 2.38. The van der Waals surface area contributed by atoms with Crippen LogP contribution in [0.2, 0.25) is 0 Å². The van der Waals surface area contributed by atoms with Gasteiger partial charge in [0.25, 0.3) is 0 Å². The lowest BCUT2D eigenvalue weighted by molar-refractivity contribution is -0.137. The lowest BCUT2D eigenvalue weighted by Crippen LogP contribution is -2.25. The van der Waals surface area contributed by atoms with E-state index in [1.54, 1.807) is 0 Å². The Balaban J connectivity index is 1.52. The zero-order valence-electron chi connectivity index (χ0n) is 19.6. The van der Waals surface area contributed by atoms with E-state index in [0.29, 0.717) is 36.6 Å². The van der Waals surface area contributed by atoms with E-state index in [1.165, 1.54) is 17.7 Å². The first-order valence-electron chi connectivity index (χ1n) is 11.8. The van der Waals surface area contributed by atoms with Gasteiger partial charge >= 0.3 is 6.18 Å². The maximum absolute atomic E-state index is 15.2. The van der Waals surface area contributed by atoms with Crippen LogP contribution in [0.5, 0.6) is 0 Å². The van der Waals surface area contributed by atoms with E-state index in [0.717, 1.165) is 44.4 Å². The first-order valence-corrected chi connectivity index (χ1v) is 12.6. The molecule has 6 nitrogen and oxygen atoms in total. The fourth-order valence-corrected chi connectivity index (χ4v) is 5.75. The van der Waals surface area contributed by atoms with Crippen LogP contribution in [0.3, 0.4) is 0 Å². The highest BCUT2D eigenvalue weighted by atomic mass is 32.1. The first-order chi connectivity index (χ1) is 17.2. The van der Waals surface area contributed by atoms with Crippen molar-refractivity contribution >= 4 is 28.1 Å². The Morgan fingerprint density at radius 1 is 1.06 bits per heavy atom. The summed E-state index contributed by atoms with van der Waals surface area (Å²) in [4.78, 5) is 17.3. The lowest BCUT2D eigenvalue weighted by Gasteiger charge is -2.20. The van der Waals surface area contributed by atoms with E-state index in [4.69, 9.17) is 0 Å². The molecular weight excluding hydrogens is 499 g/mol. The van der Waals surface area contributed by atoms with Crippen LogP contribution in [0.15, 0.2) is 24.5 Å². The quantitative estimate of drug-likeness (QED) is 0.386. The van der Waals surface area contributed by atoms with Crippen molar-refractivity contribution in [2.75, 3.05) is 29.9 Å². The summed E-state index contributed by atoms with van der Waals surface area (Å²) in [5.74, 6) is -1.48. The molecule has 36 heavy (non-hydrogen) atoms. The Labute approximate surface area is 209 Å². The van der Waals surface area contributed by atoms with Crippen LogP contribution >= 0.6 is 11.3 Å². The van der Waals surface area contributed by atoms with Gasteiger partial charge in [-0.2, -0.15) is 17.6 Å². The fraction of sp³-hybridized carbons (Fsp3) is 0.458. The van der Waals surface area contributed by atoms with E-state index in [-0.39, 0.29) is 28.0 Å². The molecule has 0 spiro atoms. The number of likely N-dealkylation sites (tertiary alicyclic amines) is 1. The average molecular weight is 525 g/mol. The van der Waals surface area contributed by atoms with Gasteiger partial charge in [0.15, 0.2) is 16.8 Å². The van der Waals surface area contributed by atoms with Gasteiger partial charge in [0.05, 0.1) is 11.3 Å². The third-order valence-corrected chi connectivity index (χ3v) is 7.59. The molecular formula is C24H25F5N6S. The summed E-state index contributed by atoms with van der Waals surface area (Å²) in [6.07, 6.45) is 0.505. The van der Waals surface area contributed by atoms with E-state index >= 15 is 4.39 Å². The number of hydrogen-bond acceptors (Lipinski definition) is 7. The van der Waals surface area contributed by atoms with Crippen LogP contribution in [-0.2, 0) is 12.7 Å². The molecule has 0 saturated carbocycles. The summed E-state index contributed by atoms with van der Waals surface area (Å²) >= 11 is 1.20. The molecule has 2 saturated heterocycles. The Morgan fingerprint density at radius 2 is 1.83 bits per heavy atom. The van der Waals surface area contributed by atoms with Crippen molar-refractivity contribution in [3.05, 3.63) is 46.6 Å². The van der Waals surface area contributed by atoms with E-state index < -0.39 is 23.4 Å². The van der Waals surface area contributed by atoms with E-state index in [9.17, 15) is 17.6 Å². The number of alkyl halides is 3. The number of aromatic nitrogens is 3. The normalized spacial score (nSPS) is 18.8. The Hall–Kier alpha value is -2.86. The van der Waals surface area contributed by atoms with Crippen LogP contribution in [0.25, 0.3) is 11.3 Å². The highest BCUT2D eigenvalue weighted by Gasteiger charge is 2.32. The van der Waals surface area contributed by atoms with Crippen LogP contribution in [0.4, 0.5) is 38.7 Å². The number of nitrogens with one attached hydrogen (secondary N) is 1. The molecule has 0 amide bonds. The minimum Gasteiger partial charge on any atom is -0.354 e. The zero-order chi connectivity index (χ0) is 25.4. The van der Waals surface area contributed by atoms with Gasteiger partial charge in [0.2, 0.25) is 5.82 Å². The largest absolute Gasteiger partial charge is 0.416 e. The van der Waals surface area contributed by atoms with Crippen LogP contribution in [-0.4, -0.2) is 45.5 Å². The highest BCUT2D eigenvalue weighted by molar-refractivity contribution is 7.16.